The number of aryl methyl sites for hydroxylation is 1. The maximum Gasteiger partial charge on any atom is 0.220 e. The number of ether oxygens (including phenoxy) is 2. The molecular formula is C21H32N2O3. The maximum absolute atomic E-state index is 12.2. The molecule has 2 fully saturated rings. The number of rotatable bonds is 9. The summed E-state index contributed by atoms with van der Waals surface area (Å²) >= 11 is 0. The van der Waals surface area contributed by atoms with Crippen molar-refractivity contribution >= 4 is 5.91 Å². The van der Waals surface area contributed by atoms with Crippen LogP contribution in [-0.4, -0.2) is 38.3 Å². The van der Waals surface area contributed by atoms with Gasteiger partial charge in [0.25, 0.3) is 0 Å². The molecule has 0 aromatic heterocycles. The highest BCUT2D eigenvalue weighted by molar-refractivity contribution is 5.76. The van der Waals surface area contributed by atoms with E-state index in [1.807, 2.05) is 19.1 Å². The van der Waals surface area contributed by atoms with E-state index in [4.69, 9.17) is 9.47 Å². The molecule has 2 bridgehead atoms. The zero-order valence-electron chi connectivity index (χ0n) is 16.1. The first-order valence-electron chi connectivity index (χ1n) is 10.0. The van der Waals surface area contributed by atoms with Gasteiger partial charge in [-0.05, 0) is 69.1 Å². The molecule has 2 aliphatic heterocycles. The first kappa shape index (κ1) is 19.0. The van der Waals surface area contributed by atoms with Crippen molar-refractivity contribution in [2.75, 3.05) is 20.3 Å². The number of hydrogen-bond acceptors (Lipinski definition) is 4. The van der Waals surface area contributed by atoms with Crippen molar-refractivity contribution in [3.8, 4) is 11.5 Å². The van der Waals surface area contributed by atoms with Gasteiger partial charge in [-0.25, -0.2) is 0 Å². The Labute approximate surface area is 156 Å². The van der Waals surface area contributed by atoms with Crippen LogP contribution >= 0.6 is 0 Å². The fourth-order valence-electron chi connectivity index (χ4n) is 4.34. The Bertz CT molecular complexity index is 593. The molecule has 0 saturated carbocycles. The van der Waals surface area contributed by atoms with Crippen molar-refractivity contribution in [2.24, 2.45) is 5.92 Å². The number of amides is 1. The number of hydrogen-bond donors (Lipinski definition) is 2. The van der Waals surface area contributed by atoms with E-state index in [9.17, 15) is 4.79 Å². The summed E-state index contributed by atoms with van der Waals surface area (Å²) in [5, 5.41) is 6.73. The number of carbonyl (C=O) groups excluding carboxylic acids is 1. The molecule has 2 aliphatic rings. The number of carbonyl (C=O) groups is 1. The molecule has 2 unspecified atom stereocenters. The second-order valence-electron chi connectivity index (χ2n) is 7.55. The molecular weight excluding hydrogens is 328 g/mol. The quantitative estimate of drug-likeness (QED) is 0.665. The monoisotopic (exact) mass is 360 g/mol. The molecule has 0 aliphatic carbocycles. The highest BCUT2D eigenvalue weighted by Crippen LogP contribution is 2.32. The smallest absolute Gasteiger partial charge is 0.220 e. The molecule has 144 valence electrons. The van der Waals surface area contributed by atoms with Crippen molar-refractivity contribution in [3.05, 3.63) is 23.8 Å². The van der Waals surface area contributed by atoms with Crippen molar-refractivity contribution < 1.29 is 14.3 Å². The lowest BCUT2D eigenvalue weighted by Crippen LogP contribution is -2.39. The SMILES string of the molecule is CCOc1cc(CCCNC(=O)CC2CC3CCC(C2)N3)ccc1OC. The lowest BCUT2D eigenvalue weighted by atomic mass is 9.89. The zero-order chi connectivity index (χ0) is 18.4. The highest BCUT2D eigenvalue weighted by Gasteiger charge is 2.34. The third-order valence-electron chi connectivity index (χ3n) is 5.54. The minimum Gasteiger partial charge on any atom is -0.493 e. The van der Waals surface area contributed by atoms with Gasteiger partial charge in [-0.1, -0.05) is 6.07 Å². The van der Waals surface area contributed by atoms with Crippen LogP contribution in [0.25, 0.3) is 0 Å². The van der Waals surface area contributed by atoms with E-state index in [1.54, 1.807) is 7.11 Å². The van der Waals surface area contributed by atoms with E-state index in [2.05, 4.69) is 16.7 Å². The van der Waals surface area contributed by atoms with Gasteiger partial charge in [-0.15, -0.1) is 0 Å². The minimum atomic E-state index is 0.209. The van der Waals surface area contributed by atoms with Crippen LogP contribution in [0.15, 0.2) is 18.2 Å². The van der Waals surface area contributed by atoms with Crippen LogP contribution in [0, 0.1) is 5.92 Å². The molecule has 2 N–H and O–H groups in total. The van der Waals surface area contributed by atoms with E-state index in [0.717, 1.165) is 43.7 Å². The average Bonchev–Trinajstić information content (AvgIpc) is 2.97. The zero-order valence-corrected chi connectivity index (χ0v) is 16.1. The molecule has 3 rings (SSSR count). The summed E-state index contributed by atoms with van der Waals surface area (Å²) in [6.45, 7) is 3.32. The van der Waals surface area contributed by atoms with Crippen LogP contribution in [-0.2, 0) is 11.2 Å². The first-order chi connectivity index (χ1) is 12.7. The van der Waals surface area contributed by atoms with Crippen LogP contribution < -0.4 is 20.1 Å². The molecule has 2 atom stereocenters. The van der Waals surface area contributed by atoms with E-state index in [1.165, 1.54) is 18.4 Å². The van der Waals surface area contributed by atoms with Crippen LogP contribution in [0.5, 0.6) is 11.5 Å². The van der Waals surface area contributed by atoms with Gasteiger partial charge in [0.15, 0.2) is 11.5 Å². The average molecular weight is 360 g/mol. The number of benzene rings is 1. The van der Waals surface area contributed by atoms with Crippen LogP contribution in [0.4, 0.5) is 0 Å². The van der Waals surface area contributed by atoms with Crippen LogP contribution in [0.2, 0.25) is 0 Å². The molecule has 0 radical (unpaired) electrons. The summed E-state index contributed by atoms with van der Waals surface area (Å²) in [7, 11) is 1.65. The fourth-order valence-corrected chi connectivity index (χ4v) is 4.34. The predicted octanol–water partition coefficient (Wildman–Crippen LogP) is 3.06. The molecule has 5 nitrogen and oxygen atoms in total. The lowest BCUT2D eigenvalue weighted by Gasteiger charge is -2.28. The molecule has 2 heterocycles. The Morgan fingerprint density at radius 3 is 2.69 bits per heavy atom. The van der Waals surface area contributed by atoms with Crippen molar-refractivity contribution in [1.82, 2.24) is 10.6 Å². The van der Waals surface area contributed by atoms with Gasteiger partial charge in [0.05, 0.1) is 13.7 Å². The van der Waals surface area contributed by atoms with Gasteiger partial charge in [-0.3, -0.25) is 4.79 Å². The minimum absolute atomic E-state index is 0.209. The van der Waals surface area contributed by atoms with E-state index >= 15 is 0 Å². The molecule has 26 heavy (non-hydrogen) atoms. The van der Waals surface area contributed by atoms with Crippen molar-refractivity contribution in [1.29, 1.82) is 0 Å². The Morgan fingerprint density at radius 2 is 2.00 bits per heavy atom. The maximum atomic E-state index is 12.2. The van der Waals surface area contributed by atoms with Gasteiger partial charge in [0, 0.05) is 25.0 Å². The number of methoxy groups -OCH3 is 1. The molecule has 1 aromatic rings. The van der Waals surface area contributed by atoms with Gasteiger partial charge in [-0.2, -0.15) is 0 Å². The van der Waals surface area contributed by atoms with E-state index in [-0.39, 0.29) is 5.91 Å². The molecule has 2 saturated heterocycles. The van der Waals surface area contributed by atoms with Crippen molar-refractivity contribution in [3.63, 3.8) is 0 Å². The Balaban J connectivity index is 1.37. The summed E-state index contributed by atoms with van der Waals surface area (Å²) < 4.78 is 10.9. The summed E-state index contributed by atoms with van der Waals surface area (Å²) in [5.74, 6) is 2.32. The first-order valence-corrected chi connectivity index (χ1v) is 10.0. The Morgan fingerprint density at radius 1 is 1.23 bits per heavy atom. The summed E-state index contributed by atoms with van der Waals surface area (Å²) in [5.41, 5.74) is 1.21. The van der Waals surface area contributed by atoms with Crippen molar-refractivity contribution in [2.45, 2.75) is 64.0 Å². The Hall–Kier alpha value is -1.75. The van der Waals surface area contributed by atoms with E-state index < -0.39 is 0 Å². The summed E-state index contributed by atoms with van der Waals surface area (Å²) in [6, 6.07) is 7.36. The van der Waals surface area contributed by atoms with Gasteiger partial charge in [0.1, 0.15) is 0 Å². The summed E-state index contributed by atoms with van der Waals surface area (Å²) in [4.78, 5) is 12.2. The summed E-state index contributed by atoms with van der Waals surface area (Å²) in [6.07, 6.45) is 7.43. The molecule has 0 spiro atoms. The van der Waals surface area contributed by atoms with Gasteiger partial charge >= 0.3 is 0 Å². The molecule has 1 amide bonds. The van der Waals surface area contributed by atoms with Crippen LogP contribution in [0.1, 0.15) is 51.0 Å². The third kappa shape index (κ3) is 5.13. The normalized spacial score (nSPS) is 24.3. The lowest BCUT2D eigenvalue weighted by molar-refractivity contribution is -0.122. The van der Waals surface area contributed by atoms with E-state index in [0.29, 0.717) is 31.0 Å². The molecule has 1 aromatic carbocycles. The third-order valence-corrected chi connectivity index (χ3v) is 5.54. The largest absolute Gasteiger partial charge is 0.493 e. The number of piperidine rings is 1. The number of fused-ring (bicyclic) bond motifs is 2. The highest BCUT2D eigenvalue weighted by atomic mass is 16.5. The van der Waals surface area contributed by atoms with Crippen LogP contribution in [0.3, 0.4) is 0 Å². The standard InChI is InChI=1S/C21H32N2O3/c1-3-26-20-13-15(6-9-19(20)25-2)5-4-10-22-21(24)14-16-11-17-7-8-18(12-16)23-17/h6,9,13,16-18,23H,3-5,7-8,10-12,14H2,1-2H3,(H,22,24). The van der Waals surface area contributed by atoms with Gasteiger partial charge < -0.3 is 20.1 Å². The second-order valence-corrected chi connectivity index (χ2v) is 7.55. The topological polar surface area (TPSA) is 59.6 Å². The Kier molecular flexibility index (Phi) is 6.78. The fraction of sp³-hybridized carbons (Fsp3) is 0.667. The predicted molar refractivity (Wildman–Crippen MR) is 103 cm³/mol. The molecule has 5 heteroatoms. The van der Waals surface area contributed by atoms with Gasteiger partial charge in [0.2, 0.25) is 5.91 Å². The second kappa shape index (κ2) is 9.26. The number of nitrogens with one attached hydrogen (secondary N) is 2.